The first kappa shape index (κ1) is 20.1. The Morgan fingerprint density at radius 1 is 1.00 bits per heavy atom. The Morgan fingerprint density at radius 2 is 1.63 bits per heavy atom. The van der Waals surface area contributed by atoms with E-state index in [4.69, 9.17) is 0 Å². The molecule has 1 aliphatic heterocycles. The maximum atomic E-state index is 13.8. The summed E-state index contributed by atoms with van der Waals surface area (Å²) in [5.41, 5.74) is 1.46. The van der Waals surface area contributed by atoms with E-state index >= 15 is 0 Å². The van der Waals surface area contributed by atoms with E-state index in [0.29, 0.717) is 58.7 Å². The Labute approximate surface area is 177 Å². The van der Waals surface area contributed by atoms with Crippen LogP contribution in [0.3, 0.4) is 0 Å². The van der Waals surface area contributed by atoms with Gasteiger partial charge in [-0.05, 0) is 37.6 Å². The van der Waals surface area contributed by atoms with Gasteiger partial charge in [0.05, 0.1) is 5.69 Å². The van der Waals surface area contributed by atoms with Crippen molar-refractivity contribution in [3.8, 4) is 10.8 Å². The molecule has 0 atom stereocenters. The molecule has 9 heteroatoms. The average Bonchev–Trinajstić information content (AvgIpc) is 3.17. The smallest absolute Gasteiger partial charge is 0.265 e. The maximum absolute atomic E-state index is 13.8. The Morgan fingerprint density at radius 3 is 2.27 bits per heavy atom. The summed E-state index contributed by atoms with van der Waals surface area (Å²) in [6.07, 6.45) is 3.27. The fraction of sp³-hybridized carbons (Fsp3) is 0.286. The summed E-state index contributed by atoms with van der Waals surface area (Å²) < 4.78 is 13.8. The van der Waals surface area contributed by atoms with Crippen molar-refractivity contribution in [2.75, 3.05) is 26.2 Å². The van der Waals surface area contributed by atoms with Gasteiger partial charge in [0.25, 0.3) is 11.8 Å². The highest BCUT2D eigenvalue weighted by molar-refractivity contribution is 7.17. The van der Waals surface area contributed by atoms with Crippen molar-refractivity contribution in [3.05, 3.63) is 64.2 Å². The van der Waals surface area contributed by atoms with Crippen LogP contribution in [0.4, 0.5) is 4.39 Å². The Hall–Kier alpha value is -3.20. The summed E-state index contributed by atoms with van der Waals surface area (Å²) in [5, 5.41) is 0.603. The lowest BCUT2D eigenvalue weighted by Gasteiger charge is -2.34. The van der Waals surface area contributed by atoms with Gasteiger partial charge in [-0.3, -0.25) is 9.59 Å². The number of amides is 2. The lowest BCUT2D eigenvalue weighted by Crippen LogP contribution is -2.50. The Bertz CT molecular complexity index is 1090. The normalized spacial score (nSPS) is 14.1. The van der Waals surface area contributed by atoms with Crippen LogP contribution in [0.25, 0.3) is 10.8 Å². The fourth-order valence-corrected chi connectivity index (χ4v) is 4.25. The first-order chi connectivity index (χ1) is 14.4. The molecule has 154 valence electrons. The molecule has 3 heterocycles. The molecule has 1 saturated heterocycles. The molecule has 1 aromatic carbocycles. The molecule has 1 fully saturated rings. The SMILES string of the molecule is Cc1ccc(C(=O)N2CCN(C(=O)c3sc(-c4ncccn4)nc3C)CC2)cc1F. The molecule has 1 aliphatic rings. The maximum Gasteiger partial charge on any atom is 0.265 e. The molecule has 4 rings (SSSR count). The number of halogens is 1. The van der Waals surface area contributed by atoms with Gasteiger partial charge in [-0.15, -0.1) is 11.3 Å². The van der Waals surface area contributed by atoms with Crippen molar-refractivity contribution in [3.63, 3.8) is 0 Å². The highest BCUT2D eigenvalue weighted by Crippen LogP contribution is 2.26. The van der Waals surface area contributed by atoms with Crippen molar-refractivity contribution in [1.82, 2.24) is 24.8 Å². The number of aromatic nitrogens is 3. The number of piperazine rings is 1. The van der Waals surface area contributed by atoms with Gasteiger partial charge in [-0.25, -0.2) is 19.3 Å². The van der Waals surface area contributed by atoms with E-state index in [0.717, 1.165) is 0 Å². The van der Waals surface area contributed by atoms with Crippen LogP contribution in [0, 0.1) is 19.7 Å². The van der Waals surface area contributed by atoms with Gasteiger partial charge in [0.15, 0.2) is 10.8 Å². The number of hydrogen-bond donors (Lipinski definition) is 0. The lowest BCUT2D eigenvalue weighted by atomic mass is 10.1. The van der Waals surface area contributed by atoms with Crippen molar-refractivity contribution in [2.24, 2.45) is 0 Å². The number of rotatable bonds is 3. The minimum atomic E-state index is -0.395. The van der Waals surface area contributed by atoms with E-state index in [1.165, 1.54) is 17.4 Å². The molecule has 0 radical (unpaired) electrons. The summed E-state index contributed by atoms with van der Waals surface area (Å²) in [6.45, 7) is 5.06. The van der Waals surface area contributed by atoms with E-state index in [1.54, 1.807) is 54.2 Å². The molecule has 0 aliphatic carbocycles. The molecule has 0 unspecified atom stereocenters. The summed E-state index contributed by atoms with van der Waals surface area (Å²) in [6, 6.07) is 6.22. The van der Waals surface area contributed by atoms with Crippen LogP contribution in [-0.4, -0.2) is 62.7 Å². The highest BCUT2D eigenvalue weighted by atomic mass is 32.1. The van der Waals surface area contributed by atoms with Crippen molar-refractivity contribution in [2.45, 2.75) is 13.8 Å². The second-order valence-electron chi connectivity index (χ2n) is 7.05. The lowest BCUT2D eigenvalue weighted by molar-refractivity contribution is 0.0537. The van der Waals surface area contributed by atoms with Crippen LogP contribution in [0.1, 0.15) is 31.3 Å². The molecule has 2 aromatic heterocycles. The number of hydrogen-bond acceptors (Lipinski definition) is 6. The molecule has 0 spiro atoms. The van der Waals surface area contributed by atoms with E-state index in [2.05, 4.69) is 15.0 Å². The third-order valence-corrected chi connectivity index (χ3v) is 6.16. The number of aryl methyl sites for hydroxylation is 2. The van der Waals surface area contributed by atoms with Crippen LogP contribution in [-0.2, 0) is 0 Å². The molecule has 7 nitrogen and oxygen atoms in total. The van der Waals surface area contributed by atoms with E-state index < -0.39 is 5.82 Å². The predicted molar refractivity (Wildman–Crippen MR) is 111 cm³/mol. The van der Waals surface area contributed by atoms with Crippen LogP contribution in [0.15, 0.2) is 36.7 Å². The van der Waals surface area contributed by atoms with Gasteiger partial charge in [-0.1, -0.05) is 6.07 Å². The number of carbonyl (C=O) groups excluding carboxylic acids is 2. The third kappa shape index (κ3) is 3.93. The van der Waals surface area contributed by atoms with Crippen LogP contribution in [0.2, 0.25) is 0 Å². The largest absolute Gasteiger partial charge is 0.335 e. The van der Waals surface area contributed by atoms with Crippen LogP contribution >= 0.6 is 11.3 Å². The molecule has 3 aromatic rings. The molecule has 2 amide bonds. The zero-order valence-corrected chi connectivity index (χ0v) is 17.4. The van der Waals surface area contributed by atoms with Gasteiger partial charge in [0.1, 0.15) is 10.7 Å². The van der Waals surface area contributed by atoms with Gasteiger partial charge < -0.3 is 9.80 Å². The van der Waals surface area contributed by atoms with E-state index in [9.17, 15) is 14.0 Å². The fourth-order valence-electron chi connectivity index (χ4n) is 3.26. The Kier molecular flexibility index (Phi) is 5.54. The van der Waals surface area contributed by atoms with Gasteiger partial charge in [0, 0.05) is 44.1 Å². The molecule has 0 saturated carbocycles. The van der Waals surface area contributed by atoms with E-state index in [1.807, 2.05) is 0 Å². The monoisotopic (exact) mass is 425 g/mol. The summed E-state index contributed by atoms with van der Waals surface area (Å²) >= 11 is 1.27. The second kappa shape index (κ2) is 8.27. The molecular weight excluding hydrogens is 405 g/mol. The summed E-state index contributed by atoms with van der Waals surface area (Å²) in [7, 11) is 0. The summed E-state index contributed by atoms with van der Waals surface area (Å²) in [5.74, 6) is -0.238. The number of benzene rings is 1. The first-order valence-electron chi connectivity index (χ1n) is 9.53. The average molecular weight is 425 g/mol. The minimum absolute atomic E-state index is 0.110. The van der Waals surface area contributed by atoms with Crippen molar-refractivity contribution < 1.29 is 14.0 Å². The second-order valence-corrected chi connectivity index (χ2v) is 8.05. The zero-order valence-electron chi connectivity index (χ0n) is 16.6. The van der Waals surface area contributed by atoms with E-state index in [-0.39, 0.29) is 11.8 Å². The predicted octanol–water partition coefficient (Wildman–Crippen LogP) is 2.95. The van der Waals surface area contributed by atoms with Gasteiger partial charge in [0.2, 0.25) is 0 Å². The zero-order chi connectivity index (χ0) is 21.3. The van der Waals surface area contributed by atoms with Gasteiger partial charge in [-0.2, -0.15) is 0 Å². The van der Waals surface area contributed by atoms with Crippen molar-refractivity contribution >= 4 is 23.2 Å². The standard InChI is InChI=1S/C21H20FN5O2S/c1-13-4-5-15(12-16(13)22)20(28)26-8-10-27(11-9-26)21(29)17-14(2)25-19(30-17)18-23-6-3-7-24-18/h3-7,12H,8-11H2,1-2H3. The molecule has 30 heavy (non-hydrogen) atoms. The van der Waals surface area contributed by atoms with Crippen LogP contribution in [0.5, 0.6) is 0 Å². The number of carbonyl (C=O) groups is 2. The summed E-state index contributed by atoms with van der Waals surface area (Å²) in [4.78, 5) is 42.4. The van der Waals surface area contributed by atoms with Crippen LogP contribution < -0.4 is 0 Å². The minimum Gasteiger partial charge on any atom is -0.335 e. The number of thiazole rings is 1. The molecular formula is C21H20FN5O2S. The molecule has 0 N–H and O–H groups in total. The Balaban J connectivity index is 1.43. The molecule has 0 bridgehead atoms. The topological polar surface area (TPSA) is 79.3 Å². The quantitative estimate of drug-likeness (QED) is 0.645. The first-order valence-corrected chi connectivity index (χ1v) is 10.3. The number of nitrogens with zero attached hydrogens (tertiary/aromatic N) is 5. The van der Waals surface area contributed by atoms with Gasteiger partial charge >= 0.3 is 0 Å². The van der Waals surface area contributed by atoms with Crippen molar-refractivity contribution in [1.29, 1.82) is 0 Å². The third-order valence-electron chi connectivity index (χ3n) is 5.02. The highest BCUT2D eigenvalue weighted by Gasteiger charge is 2.28.